The van der Waals surface area contributed by atoms with Gasteiger partial charge in [-0.1, -0.05) is 25.9 Å². The first-order valence-electron chi connectivity index (χ1n) is 8.64. The third-order valence-corrected chi connectivity index (χ3v) is 3.96. The molecule has 0 atom stereocenters. The predicted molar refractivity (Wildman–Crippen MR) is 96.1 cm³/mol. The number of aromatic nitrogens is 5. The van der Waals surface area contributed by atoms with Crippen molar-refractivity contribution in [3.05, 3.63) is 41.6 Å². The van der Waals surface area contributed by atoms with E-state index in [0.29, 0.717) is 29.6 Å². The van der Waals surface area contributed by atoms with Crippen molar-refractivity contribution >= 4 is 5.91 Å². The molecule has 26 heavy (non-hydrogen) atoms. The van der Waals surface area contributed by atoms with Gasteiger partial charge in [-0.3, -0.25) is 4.79 Å². The Labute approximate surface area is 151 Å². The molecule has 3 heterocycles. The minimum atomic E-state index is -0.126. The molecule has 0 aliphatic carbocycles. The normalized spacial score (nSPS) is 11.1. The molecule has 0 saturated carbocycles. The number of carbonyl (C=O) groups excluding carboxylic acids is 1. The van der Waals surface area contributed by atoms with Crippen LogP contribution in [0.3, 0.4) is 0 Å². The maximum atomic E-state index is 12.2. The highest BCUT2D eigenvalue weighted by atomic mass is 16.5. The smallest absolute Gasteiger partial charge is 0.259 e. The average Bonchev–Trinajstić information content (AvgIpc) is 3.27. The lowest BCUT2D eigenvalue weighted by molar-refractivity contribution is 0.0953. The number of pyridine rings is 1. The lowest BCUT2D eigenvalue weighted by Gasteiger charge is -2.05. The minimum Gasteiger partial charge on any atom is -0.352 e. The summed E-state index contributed by atoms with van der Waals surface area (Å²) in [7, 11) is 0. The van der Waals surface area contributed by atoms with E-state index in [1.807, 2.05) is 39.8 Å². The van der Waals surface area contributed by atoms with Crippen molar-refractivity contribution in [1.82, 2.24) is 30.2 Å². The van der Waals surface area contributed by atoms with Crippen molar-refractivity contribution in [2.75, 3.05) is 6.54 Å². The lowest BCUT2D eigenvalue weighted by atomic mass is 10.2. The van der Waals surface area contributed by atoms with Crippen LogP contribution in [0.15, 0.2) is 29.0 Å². The number of amides is 1. The molecule has 0 saturated heterocycles. The monoisotopic (exact) mass is 354 g/mol. The van der Waals surface area contributed by atoms with E-state index in [9.17, 15) is 4.79 Å². The Morgan fingerprint density at radius 2 is 2.12 bits per heavy atom. The van der Waals surface area contributed by atoms with Crippen LogP contribution in [0.5, 0.6) is 0 Å². The number of carbonyl (C=O) groups is 1. The summed E-state index contributed by atoms with van der Waals surface area (Å²) in [5.41, 5.74) is 2.01. The first-order chi connectivity index (χ1) is 12.5. The van der Waals surface area contributed by atoms with Crippen molar-refractivity contribution in [2.24, 2.45) is 0 Å². The zero-order chi connectivity index (χ0) is 18.7. The molecule has 0 aromatic carbocycles. The number of hydrogen-bond donors (Lipinski definition) is 1. The zero-order valence-corrected chi connectivity index (χ0v) is 15.4. The number of nitrogens with one attached hydrogen (secondary N) is 1. The van der Waals surface area contributed by atoms with E-state index in [0.717, 1.165) is 17.7 Å². The molecule has 1 N–H and O–H groups in total. The Morgan fingerprint density at radius 3 is 2.73 bits per heavy atom. The van der Waals surface area contributed by atoms with Crippen molar-refractivity contribution < 1.29 is 9.32 Å². The Morgan fingerprint density at radius 1 is 1.31 bits per heavy atom. The van der Waals surface area contributed by atoms with Gasteiger partial charge >= 0.3 is 0 Å². The summed E-state index contributed by atoms with van der Waals surface area (Å²) in [5, 5.41) is 11.1. The summed E-state index contributed by atoms with van der Waals surface area (Å²) < 4.78 is 6.91. The summed E-state index contributed by atoms with van der Waals surface area (Å²) in [4.78, 5) is 20.9. The second-order valence-corrected chi connectivity index (χ2v) is 6.33. The van der Waals surface area contributed by atoms with Gasteiger partial charge in [-0.05, 0) is 25.5 Å². The average molecular weight is 354 g/mol. The molecule has 3 aromatic heterocycles. The third kappa shape index (κ3) is 3.49. The molecular weight excluding hydrogens is 332 g/mol. The quantitative estimate of drug-likeness (QED) is 0.731. The Balaban J connectivity index is 1.82. The molecule has 8 heteroatoms. The van der Waals surface area contributed by atoms with Gasteiger partial charge in [0.05, 0.1) is 23.0 Å². The fourth-order valence-corrected chi connectivity index (χ4v) is 2.42. The summed E-state index contributed by atoms with van der Waals surface area (Å²) in [6.45, 7) is 8.50. The van der Waals surface area contributed by atoms with E-state index in [1.54, 1.807) is 17.1 Å². The van der Waals surface area contributed by atoms with Gasteiger partial charge < -0.3 is 9.84 Å². The van der Waals surface area contributed by atoms with Crippen LogP contribution in [0.1, 0.15) is 55.0 Å². The van der Waals surface area contributed by atoms with Crippen LogP contribution in [0, 0.1) is 6.92 Å². The highest BCUT2D eigenvalue weighted by molar-refractivity contribution is 5.95. The summed E-state index contributed by atoms with van der Waals surface area (Å²) in [6.07, 6.45) is 4.10. The SMILES string of the molecule is CCCNC(=O)c1cnn(-c2ccc(-c3nc(C(C)C)no3)cn2)c1C. The molecule has 8 nitrogen and oxygen atoms in total. The van der Waals surface area contributed by atoms with Crippen LogP contribution in [-0.4, -0.2) is 37.4 Å². The topological polar surface area (TPSA) is 98.7 Å². The maximum absolute atomic E-state index is 12.2. The second-order valence-electron chi connectivity index (χ2n) is 6.33. The van der Waals surface area contributed by atoms with Crippen LogP contribution >= 0.6 is 0 Å². The van der Waals surface area contributed by atoms with E-state index < -0.39 is 0 Å². The Kier molecular flexibility index (Phi) is 5.11. The van der Waals surface area contributed by atoms with Gasteiger partial charge in [0, 0.05) is 18.7 Å². The van der Waals surface area contributed by atoms with Crippen LogP contribution < -0.4 is 5.32 Å². The molecule has 0 fully saturated rings. The van der Waals surface area contributed by atoms with E-state index in [-0.39, 0.29) is 11.8 Å². The number of nitrogens with zero attached hydrogens (tertiary/aromatic N) is 5. The van der Waals surface area contributed by atoms with E-state index >= 15 is 0 Å². The fraction of sp³-hybridized carbons (Fsp3) is 0.389. The van der Waals surface area contributed by atoms with Crippen molar-refractivity contribution in [2.45, 2.75) is 40.0 Å². The maximum Gasteiger partial charge on any atom is 0.259 e. The Bertz CT molecular complexity index is 895. The molecule has 3 rings (SSSR count). The van der Waals surface area contributed by atoms with Crippen molar-refractivity contribution in [1.29, 1.82) is 0 Å². The molecule has 0 radical (unpaired) electrons. The number of rotatable bonds is 6. The van der Waals surface area contributed by atoms with Gasteiger partial charge in [-0.2, -0.15) is 10.1 Å². The number of hydrogen-bond acceptors (Lipinski definition) is 6. The van der Waals surface area contributed by atoms with E-state index in [2.05, 4.69) is 25.5 Å². The first-order valence-corrected chi connectivity index (χ1v) is 8.64. The standard InChI is InChI=1S/C18H22N6O2/c1-5-8-19-17(25)14-10-21-24(12(14)4)15-7-6-13(9-20-15)18-22-16(11(2)3)23-26-18/h6-7,9-11H,5,8H2,1-4H3,(H,19,25). The van der Waals surface area contributed by atoms with Crippen LogP contribution in [0.25, 0.3) is 17.3 Å². The summed E-state index contributed by atoms with van der Waals surface area (Å²) in [5.74, 6) is 1.78. The molecule has 0 bridgehead atoms. The molecule has 3 aromatic rings. The van der Waals surface area contributed by atoms with Crippen LogP contribution in [0.2, 0.25) is 0 Å². The van der Waals surface area contributed by atoms with Gasteiger partial charge in [0.1, 0.15) is 0 Å². The highest BCUT2D eigenvalue weighted by Crippen LogP contribution is 2.20. The summed E-state index contributed by atoms with van der Waals surface area (Å²) in [6, 6.07) is 3.65. The first kappa shape index (κ1) is 17.8. The van der Waals surface area contributed by atoms with Gasteiger partial charge in [0.15, 0.2) is 11.6 Å². The second kappa shape index (κ2) is 7.47. The van der Waals surface area contributed by atoms with Gasteiger partial charge in [-0.15, -0.1) is 0 Å². The molecule has 0 aliphatic heterocycles. The van der Waals surface area contributed by atoms with Gasteiger partial charge in [0.2, 0.25) is 0 Å². The van der Waals surface area contributed by atoms with Crippen LogP contribution in [0.4, 0.5) is 0 Å². The molecule has 0 aliphatic rings. The fourth-order valence-electron chi connectivity index (χ4n) is 2.42. The Hall–Kier alpha value is -3.03. The largest absolute Gasteiger partial charge is 0.352 e. The van der Waals surface area contributed by atoms with E-state index in [4.69, 9.17) is 4.52 Å². The molecular formula is C18H22N6O2. The van der Waals surface area contributed by atoms with E-state index in [1.165, 1.54) is 0 Å². The van der Waals surface area contributed by atoms with Crippen molar-refractivity contribution in [3.63, 3.8) is 0 Å². The molecule has 136 valence electrons. The van der Waals surface area contributed by atoms with Crippen molar-refractivity contribution in [3.8, 4) is 17.3 Å². The third-order valence-electron chi connectivity index (χ3n) is 3.96. The van der Waals surface area contributed by atoms with Gasteiger partial charge in [0.25, 0.3) is 11.8 Å². The summed E-state index contributed by atoms with van der Waals surface area (Å²) >= 11 is 0. The molecule has 1 amide bonds. The lowest BCUT2D eigenvalue weighted by Crippen LogP contribution is -2.24. The molecule has 0 spiro atoms. The highest BCUT2D eigenvalue weighted by Gasteiger charge is 2.16. The zero-order valence-electron chi connectivity index (χ0n) is 15.4. The van der Waals surface area contributed by atoms with Crippen LogP contribution in [-0.2, 0) is 0 Å². The van der Waals surface area contributed by atoms with Gasteiger partial charge in [-0.25, -0.2) is 9.67 Å². The molecule has 0 unspecified atom stereocenters. The minimum absolute atomic E-state index is 0.126. The predicted octanol–water partition coefficient (Wildman–Crippen LogP) is 2.89.